The smallest absolute Gasteiger partial charge is 0.249 e. The van der Waals surface area contributed by atoms with Crippen LogP contribution in [-0.4, -0.2) is 57.2 Å². The van der Waals surface area contributed by atoms with E-state index < -0.39 is 10.0 Å². The van der Waals surface area contributed by atoms with E-state index in [1.165, 1.54) is 12.6 Å². The van der Waals surface area contributed by atoms with E-state index in [4.69, 9.17) is 9.88 Å². The summed E-state index contributed by atoms with van der Waals surface area (Å²) in [7, 11) is -3.65. The zero-order chi connectivity index (χ0) is 15.6. The largest absolute Gasteiger partial charge is 0.381 e. The molecule has 1 aromatic heterocycles. The van der Waals surface area contributed by atoms with Gasteiger partial charge in [0.15, 0.2) is 9.34 Å². The van der Waals surface area contributed by atoms with E-state index in [0.717, 1.165) is 57.0 Å². The van der Waals surface area contributed by atoms with Gasteiger partial charge in [-0.05, 0) is 25.2 Å². The molecule has 0 spiro atoms. The quantitative estimate of drug-likeness (QED) is 0.815. The van der Waals surface area contributed by atoms with Crippen LogP contribution in [0.3, 0.4) is 0 Å². The van der Waals surface area contributed by atoms with Crippen LogP contribution >= 0.6 is 11.3 Å². The molecule has 2 aliphatic heterocycles. The zero-order valence-electron chi connectivity index (χ0n) is 12.4. The van der Waals surface area contributed by atoms with Crippen LogP contribution in [0.25, 0.3) is 0 Å². The predicted molar refractivity (Wildman–Crippen MR) is 85.5 cm³/mol. The van der Waals surface area contributed by atoms with Gasteiger partial charge in [0.05, 0.1) is 12.8 Å². The van der Waals surface area contributed by atoms with Gasteiger partial charge in [-0.15, -0.1) is 0 Å². The average Bonchev–Trinajstić information content (AvgIpc) is 3.12. The van der Waals surface area contributed by atoms with Gasteiger partial charge in [0.1, 0.15) is 0 Å². The highest BCUT2D eigenvalue weighted by Gasteiger charge is 2.24. The molecule has 0 radical (unpaired) electrons. The first-order valence-electron chi connectivity index (χ1n) is 7.56. The molecule has 3 rings (SSSR count). The second kappa shape index (κ2) is 6.79. The molecule has 0 amide bonds. The van der Waals surface area contributed by atoms with Crippen LogP contribution in [0.4, 0.5) is 5.13 Å². The lowest BCUT2D eigenvalue weighted by molar-refractivity contribution is 0.154. The van der Waals surface area contributed by atoms with Gasteiger partial charge in [-0.2, -0.15) is 0 Å². The maximum absolute atomic E-state index is 11.2. The van der Waals surface area contributed by atoms with Crippen LogP contribution in [0.1, 0.15) is 19.3 Å². The van der Waals surface area contributed by atoms with Crippen molar-refractivity contribution in [3.63, 3.8) is 0 Å². The highest BCUT2D eigenvalue weighted by Crippen LogP contribution is 2.25. The van der Waals surface area contributed by atoms with E-state index in [-0.39, 0.29) is 4.21 Å². The maximum Gasteiger partial charge on any atom is 0.249 e. The Morgan fingerprint density at radius 1 is 1.41 bits per heavy atom. The van der Waals surface area contributed by atoms with Crippen LogP contribution in [-0.2, 0) is 14.8 Å². The van der Waals surface area contributed by atoms with Gasteiger partial charge >= 0.3 is 0 Å². The monoisotopic (exact) mass is 346 g/mol. The number of piperidine rings is 1. The summed E-state index contributed by atoms with van der Waals surface area (Å²) in [5.74, 6) is 0.681. The van der Waals surface area contributed by atoms with Crippen LogP contribution in [0.15, 0.2) is 10.4 Å². The summed E-state index contributed by atoms with van der Waals surface area (Å²) in [6.07, 6.45) is 4.57. The summed E-state index contributed by atoms with van der Waals surface area (Å²) < 4.78 is 28.0. The molecule has 1 atom stereocenters. The third-order valence-corrected chi connectivity index (χ3v) is 6.56. The molecule has 1 aromatic rings. The number of aromatic nitrogens is 1. The average molecular weight is 346 g/mol. The van der Waals surface area contributed by atoms with Crippen molar-refractivity contribution in [2.24, 2.45) is 11.1 Å². The molecular weight excluding hydrogens is 324 g/mol. The zero-order valence-corrected chi connectivity index (χ0v) is 14.0. The van der Waals surface area contributed by atoms with Gasteiger partial charge < -0.3 is 15.0 Å². The molecular formula is C13H22N4O3S2. The minimum atomic E-state index is -3.65. The molecule has 22 heavy (non-hydrogen) atoms. The number of nitrogens with one attached hydrogen (secondary N) is 1. The van der Waals surface area contributed by atoms with Crippen molar-refractivity contribution < 1.29 is 13.2 Å². The molecule has 2 fully saturated rings. The third kappa shape index (κ3) is 4.17. The number of likely N-dealkylation sites (tertiary alicyclic amines) is 1. The number of primary sulfonamides is 1. The molecule has 3 N–H and O–H groups in total. The van der Waals surface area contributed by atoms with Crippen molar-refractivity contribution in [3.8, 4) is 0 Å². The topological polar surface area (TPSA) is 97.6 Å². The van der Waals surface area contributed by atoms with Crippen molar-refractivity contribution in [1.29, 1.82) is 0 Å². The Kier molecular flexibility index (Phi) is 4.98. The SMILES string of the molecule is NS(=O)(=O)c1cnc(NC2CCN(CC3CCOC3)CC2)s1. The fourth-order valence-electron chi connectivity index (χ4n) is 2.98. The van der Waals surface area contributed by atoms with Gasteiger partial charge in [-0.1, -0.05) is 11.3 Å². The van der Waals surface area contributed by atoms with E-state index in [1.807, 2.05) is 0 Å². The fraction of sp³-hybridized carbons (Fsp3) is 0.769. The molecule has 124 valence electrons. The van der Waals surface area contributed by atoms with Crippen molar-refractivity contribution in [3.05, 3.63) is 6.20 Å². The van der Waals surface area contributed by atoms with Crippen LogP contribution < -0.4 is 10.5 Å². The Labute approximate surface area is 134 Å². The fourth-order valence-corrected chi connectivity index (χ4v) is 4.51. The number of nitrogens with zero attached hydrogens (tertiary/aromatic N) is 2. The standard InChI is InChI=1S/C13H22N4O3S2/c14-22(18,19)12-7-15-13(21-12)16-11-1-4-17(5-2-11)8-10-3-6-20-9-10/h7,10-11H,1-6,8-9H2,(H,15,16)(H2,14,18,19). The summed E-state index contributed by atoms with van der Waals surface area (Å²) in [5.41, 5.74) is 0. The molecule has 0 saturated carbocycles. The molecule has 2 saturated heterocycles. The number of nitrogens with two attached hydrogens (primary N) is 1. The normalized spacial score (nSPS) is 24.7. The summed E-state index contributed by atoms with van der Waals surface area (Å²) >= 11 is 1.10. The van der Waals surface area contributed by atoms with Crippen LogP contribution in [0.5, 0.6) is 0 Å². The number of rotatable bonds is 5. The summed E-state index contributed by atoms with van der Waals surface area (Å²) in [6, 6.07) is 0.343. The van der Waals surface area contributed by atoms with Gasteiger partial charge in [-0.3, -0.25) is 0 Å². The molecule has 2 aliphatic rings. The lowest BCUT2D eigenvalue weighted by Gasteiger charge is -2.33. The van der Waals surface area contributed by atoms with E-state index in [0.29, 0.717) is 17.1 Å². The van der Waals surface area contributed by atoms with Crippen molar-refractivity contribution in [2.75, 3.05) is 38.2 Å². The Morgan fingerprint density at radius 3 is 2.77 bits per heavy atom. The van der Waals surface area contributed by atoms with E-state index in [2.05, 4.69) is 15.2 Å². The van der Waals surface area contributed by atoms with E-state index in [9.17, 15) is 8.42 Å². The first-order chi connectivity index (χ1) is 10.5. The Bertz CT molecular complexity index is 590. The van der Waals surface area contributed by atoms with E-state index in [1.54, 1.807) is 0 Å². The van der Waals surface area contributed by atoms with Crippen LogP contribution in [0, 0.1) is 5.92 Å². The minimum absolute atomic E-state index is 0.105. The second-order valence-corrected chi connectivity index (χ2v) is 8.80. The van der Waals surface area contributed by atoms with Crippen LogP contribution in [0.2, 0.25) is 0 Å². The summed E-state index contributed by atoms with van der Waals surface area (Å²) in [5, 5.41) is 9.05. The van der Waals surface area contributed by atoms with E-state index >= 15 is 0 Å². The number of anilines is 1. The number of hydrogen-bond donors (Lipinski definition) is 2. The van der Waals surface area contributed by atoms with Gasteiger partial charge in [0.2, 0.25) is 10.0 Å². The second-order valence-electron chi connectivity index (χ2n) is 5.98. The highest BCUT2D eigenvalue weighted by atomic mass is 32.2. The van der Waals surface area contributed by atoms with Crippen molar-refractivity contribution in [1.82, 2.24) is 9.88 Å². The first-order valence-corrected chi connectivity index (χ1v) is 9.92. The summed E-state index contributed by atoms with van der Waals surface area (Å²) in [4.78, 5) is 6.59. The predicted octanol–water partition coefficient (Wildman–Crippen LogP) is 0.703. The van der Waals surface area contributed by atoms with Gasteiger partial charge in [0, 0.05) is 32.3 Å². The molecule has 3 heterocycles. The maximum atomic E-state index is 11.2. The van der Waals surface area contributed by atoms with Crippen molar-refractivity contribution >= 4 is 26.5 Å². The Hall–Kier alpha value is -0.740. The van der Waals surface area contributed by atoms with Crippen molar-refractivity contribution in [2.45, 2.75) is 29.5 Å². The van der Waals surface area contributed by atoms with Gasteiger partial charge in [-0.25, -0.2) is 18.5 Å². The Morgan fingerprint density at radius 2 is 2.18 bits per heavy atom. The highest BCUT2D eigenvalue weighted by molar-refractivity contribution is 7.91. The van der Waals surface area contributed by atoms with Gasteiger partial charge in [0.25, 0.3) is 0 Å². The molecule has 1 unspecified atom stereocenters. The molecule has 0 bridgehead atoms. The lowest BCUT2D eigenvalue weighted by Crippen LogP contribution is -2.41. The molecule has 9 heteroatoms. The molecule has 0 aliphatic carbocycles. The number of sulfonamides is 1. The molecule has 7 nitrogen and oxygen atoms in total. The number of thiazole rings is 1. The molecule has 0 aromatic carbocycles. The number of hydrogen-bond acceptors (Lipinski definition) is 7. The lowest BCUT2D eigenvalue weighted by atomic mass is 10.0. The third-order valence-electron chi connectivity index (χ3n) is 4.22. The minimum Gasteiger partial charge on any atom is -0.381 e. The number of ether oxygens (including phenoxy) is 1. The Balaban J connectivity index is 1.46. The first kappa shape index (κ1) is 16.1. The summed E-state index contributed by atoms with van der Waals surface area (Å²) in [6.45, 7) is 5.04.